The molecule has 0 saturated heterocycles. The number of aromatic nitrogens is 2. The summed E-state index contributed by atoms with van der Waals surface area (Å²) in [5.41, 5.74) is 11.8. The van der Waals surface area contributed by atoms with Crippen molar-refractivity contribution in [1.82, 2.24) is 9.13 Å². The Balaban J connectivity index is 1.16. The number of benzene rings is 10. The van der Waals surface area contributed by atoms with Crippen LogP contribution in [0.3, 0.4) is 0 Å². The summed E-state index contributed by atoms with van der Waals surface area (Å²) in [5.74, 6) is 0. The van der Waals surface area contributed by atoms with Crippen molar-refractivity contribution in [3.63, 3.8) is 0 Å². The molecule has 0 bridgehead atoms. The molecule has 0 unspecified atom stereocenters. The van der Waals surface area contributed by atoms with Gasteiger partial charge in [-0.1, -0.05) is 218 Å². The summed E-state index contributed by atoms with van der Waals surface area (Å²) in [7, 11) is -2.82. The standard InChI is InChI=1S/C60H42N2Si/c1-5-21-43(22-6-1)50-31-13-14-32-51(50)44-23-19-24-45(41-44)61-56-36-17-16-34-53(56)55-35-20-38-58(60(55)61)62-57-37-18-15-33-52(57)54-40-39-49(42-59(54)62)63(46-25-7-2-8-26-46,47-27-9-3-10-28-47)48-29-11-4-12-30-48/h1-42H. The highest BCUT2D eigenvalue weighted by atomic mass is 28.3. The first-order chi connectivity index (χ1) is 31.3. The van der Waals surface area contributed by atoms with Crippen LogP contribution in [0.1, 0.15) is 0 Å². The van der Waals surface area contributed by atoms with Gasteiger partial charge in [0.1, 0.15) is 0 Å². The van der Waals surface area contributed by atoms with E-state index in [1.807, 2.05) is 0 Å². The quantitative estimate of drug-likeness (QED) is 0.107. The molecule has 2 aromatic heterocycles. The molecule has 2 nitrogen and oxygen atoms in total. The Kier molecular flexibility index (Phi) is 8.87. The Morgan fingerprint density at radius 2 is 0.730 bits per heavy atom. The Labute approximate surface area is 368 Å². The molecule has 10 aromatic carbocycles. The van der Waals surface area contributed by atoms with Gasteiger partial charge in [0.05, 0.1) is 27.8 Å². The molecule has 0 atom stereocenters. The zero-order chi connectivity index (χ0) is 41.7. The Morgan fingerprint density at radius 3 is 1.37 bits per heavy atom. The molecule has 2 heterocycles. The maximum Gasteiger partial charge on any atom is 0.179 e. The van der Waals surface area contributed by atoms with E-state index in [0.717, 1.165) is 11.4 Å². The first-order valence-electron chi connectivity index (χ1n) is 21.8. The topological polar surface area (TPSA) is 9.86 Å². The third kappa shape index (κ3) is 5.85. The van der Waals surface area contributed by atoms with Crippen molar-refractivity contribution in [2.75, 3.05) is 0 Å². The lowest BCUT2D eigenvalue weighted by Gasteiger charge is -2.34. The van der Waals surface area contributed by atoms with Crippen molar-refractivity contribution in [2.45, 2.75) is 0 Å². The fourth-order valence-electron chi connectivity index (χ4n) is 10.4. The van der Waals surface area contributed by atoms with Crippen LogP contribution < -0.4 is 20.7 Å². The third-order valence-corrected chi connectivity index (χ3v) is 17.8. The first-order valence-corrected chi connectivity index (χ1v) is 23.8. The summed E-state index contributed by atoms with van der Waals surface area (Å²) in [6.45, 7) is 0. The highest BCUT2D eigenvalue weighted by molar-refractivity contribution is 7.20. The first kappa shape index (κ1) is 36.8. The van der Waals surface area contributed by atoms with E-state index < -0.39 is 8.07 Å². The van der Waals surface area contributed by atoms with E-state index in [9.17, 15) is 0 Å². The lowest BCUT2D eigenvalue weighted by Crippen LogP contribution is -2.74. The second kappa shape index (κ2) is 15.2. The normalized spacial score (nSPS) is 11.8. The van der Waals surface area contributed by atoms with Gasteiger partial charge in [-0.25, -0.2) is 0 Å². The number of rotatable bonds is 8. The molecule has 12 aromatic rings. The van der Waals surface area contributed by atoms with Crippen LogP contribution in [-0.2, 0) is 0 Å². The van der Waals surface area contributed by atoms with Crippen LogP contribution >= 0.6 is 0 Å². The molecule has 63 heavy (non-hydrogen) atoms. The van der Waals surface area contributed by atoms with Crippen molar-refractivity contribution >= 4 is 72.4 Å². The van der Waals surface area contributed by atoms with Gasteiger partial charge >= 0.3 is 0 Å². The van der Waals surface area contributed by atoms with Gasteiger partial charge in [0.2, 0.25) is 0 Å². The molecular formula is C60H42N2Si. The van der Waals surface area contributed by atoms with Crippen LogP contribution in [0.2, 0.25) is 0 Å². The van der Waals surface area contributed by atoms with Crippen molar-refractivity contribution in [3.8, 4) is 33.6 Å². The predicted molar refractivity (Wildman–Crippen MR) is 270 cm³/mol. The molecular weight excluding hydrogens is 777 g/mol. The lowest BCUT2D eigenvalue weighted by atomic mass is 9.94. The summed E-state index contributed by atoms with van der Waals surface area (Å²) in [5, 5.41) is 10.4. The van der Waals surface area contributed by atoms with Gasteiger partial charge in [-0.15, -0.1) is 0 Å². The van der Waals surface area contributed by atoms with Crippen LogP contribution in [0, 0.1) is 0 Å². The van der Waals surface area contributed by atoms with Gasteiger partial charge in [0.25, 0.3) is 0 Å². The number of hydrogen-bond donors (Lipinski definition) is 0. The molecule has 3 heteroatoms. The van der Waals surface area contributed by atoms with Gasteiger partial charge in [-0.3, -0.25) is 0 Å². The maximum absolute atomic E-state index is 2.82. The summed E-state index contributed by atoms with van der Waals surface area (Å²) >= 11 is 0. The number of hydrogen-bond acceptors (Lipinski definition) is 0. The summed E-state index contributed by atoms with van der Waals surface area (Å²) in [4.78, 5) is 0. The van der Waals surface area contributed by atoms with E-state index in [-0.39, 0.29) is 0 Å². The monoisotopic (exact) mass is 818 g/mol. The minimum atomic E-state index is -2.82. The maximum atomic E-state index is 2.54. The molecule has 0 aliphatic rings. The SMILES string of the molecule is c1ccc(-c2ccccc2-c2cccc(-n3c4ccccc4c4cccc(-n5c6ccccc6c6ccc([Si](c7ccccc7)(c7ccccc7)c7ccccc7)cc65)c43)c2)cc1. The number of fused-ring (bicyclic) bond motifs is 6. The van der Waals surface area contributed by atoms with Gasteiger partial charge in [0, 0.05) is 27.2 Å². The van der Waals surface area contributed by atoms with Crippen LogP contribution in [0.15, 0.2) is 255 Å². The molecule has 0 saturated carbocycles. The van der Waals surface area contributed by atoms with Crippen LogP contribution in [-0.4, -0.2) is 17.2 Å². The fourth-order valence-corrected chi connectivity index (χ4v) is 15.2. The Bertz CT molecular complexity index is 3510. The van der Waals surface area contributed by atoms with E-state index in [1.165, 1.54) is 86.6 Å². The Hall–Kier alpha value is -7.98. The van der Waals surface area contributed by atoms with E-state index in [4.69, 9.17) is 0 Å². The van der Waals surface area contributed by atoms with E-state index in [2.05, 4.69) is 264 Å². The van der Waals surface area contributed by atoms with Gasteiger partial charge in [-0.2, -0.15) is 0 Å². The average molecular weight is 819 g/mol. The van der Waals surface area contributed by atoms with Gasteiger partial charge < -0.3 is 9.13 Å². The smallest absolute Gasteiger partial charge is 0.179 e. The highest BCUT2D eigenvalue weighted by Crippen LogP contribution is 2.41. The molecule has 0 spiro atoms. The zero-order valence-electron chi connectivity index (χ0n) is 34.6. The molecule has 0 radical (unpaired) electrons. The minimum absolute atomic E-state index is 1.12. The fraction of sp³-hybridized carbons (Fsp3) is 0. The second-order valence-electron chi connectivity index (χ2n) is 16.4. The van der Waals surface area contributed by atoms with E-state index >= 15 is 0 Å². The highest BCUT2D eigenvalue weighted by Gasteiger charge is 2.41. The van der Waals surface area contributed by atoms with Gasteiger partial charge in [0.15, 0.2) is 8.07 Å². The predicted octanol–water partition coefficient (Wildman–Crippen LogP) is 12.6. The van der Waals surface area contributed by atoms with Gasteiger partial charge in [-0.05, 0) is 79.4 Å². The third-order valence-electron chi connectivity index (χ3n) is 13.1. The van der Waals surface area contributed by atoms with Crippen molar-refractivity contribution in [2.24, 2.45) is 0 Å². The van der Waals surface area contributed by atoms with Crippen molar-refractivity contribution < 1.29 is 0 Å². The van der Waals surface area contributed by atoms with E-state index in [1.54, 1.807) is 0 Å². The molecule has 0 aliphatic heterocycles. The van der Waals surface area contributed by atoms with E-state index in [0.29, 0.717) is 0 Å². The lowest BCUT2D eigenvalue weighted by molar-refractivity contribution is 1.13. The zero-order valence-corrected chi connectivity index (χ0v) is 35.6. The molecule has 0 amide bonds. The summed E-state index contributed by atoms with van der Waals surface area (Å²) < 4.78 is 5.04. The summed E-state index contributed by atoms with van der Waals surface area (Å²) in [6, 6.07) is 94.3. The number of nitrogens with zero attached hydrogens (tertiary/aromatic N) is 2. The average Bonchev–Trinajstić information content (AvgIpc) is 3.88. The number of para-hydroxylation sites is 3. The van der Waals surface area contributed by atoms with Crippen LogP contribution in [0.5, 0.6) is 0 Å². The largest absolute Gasteiger partial charge is 0.307 e. The molecule has 12 rings (SSSR count). The molecule has 0 aliphatic carbocycles. The van der Waals surface area contributed by atoms with Crippen LogP contribution in [0.25, 0.3) is 77.2 Å². The summed E-state index contributed by atoms with van der Waals surface area (Å²) in [6.07, 6.45) is 0. The van der Waals surface area contributed by atoms with Crippen molar-refractivity contribution in [3.05, 3.63) is 255 Å². The second-order valence-corrected chi connectivity index (χ2v) is 20.2. The molecule has 296 valence electrons. The van der Waals surface area contributed by atoms with Crippen molar-refractivity contribution in [1.29, 1.82) is 0 Å². The Morgan fingerprint density at radius 1 is 0.270 bits per heavy atom. The minimum Gasteiger partial charge on any atom is -0.307 e. The molecule has 0 N–H and O–H groups in total. The molecule has 0 fully saturated rings. The van der Waals surface area contributed by atoms with Crippen LogP contribution in [0.4, 0.5) is 0 Å².